The van der Waals surface area contributed by atoms with Gasteiger partial charge in [0.15, 0.2) is 0 Å². The van der Waals surface area contributed by atoms with Crippen LogP contribution in [0.3, 0.4) is 0 Å². The molecule has 0 aromatic heterocycles. The Morgan fingerprint density at radius 3 is 3.00 bits per heavy atom. The largest absolute Gasteiger partial charge is 0.396 e. The molecule has 11 heavy (non-hydrogen) atoms. The third kappa shape index (κ3) is 3.01. The van der Waals surface area contributed by atoms with Crippen molar-refractivity contribution in [1.82, 2.24) is 0 Å². The fourth-order valence-electron chi connectivity index (χ4n) is 1.21. The second kappa shape index (κ2) is 4.33. The van der Waals surface area contributed by atoms with Gasteiger partial charge in [0.2, 0.25) is 0 Å². The van der Waals surface area contributed by atoms with Crippen LogP contribution in [0, 0.1) is 5.41 Å². The fourth-order valence-corrected chi connectivity index (χ4v) is 2.20. The number of hydrogen-bond donors (Lipinski definition) is 1. The van der Waals surface area contributed by atoms with Gasteiger partial charge in [-0.15, -0.1) is 0 Å². The lowest BCUT2D eigenvalue weighted by atomic mass is 9.93. The third-order valence-electron chi connectivity index (χ3n) is 1.99. The molecule has 1 atom stereocenters. The Morgan fingerprint density at radius 1 is 1.64 bits per heavy atom. The van der Waals surface area contributed by atoms with E-state index in [1.807, 2.05) is 11.8 Å². The number of rotatable bonds is 4. The van der Waals surface area contributed by atoms with Gasteiger partial charge in [-0.3, -0.25) is 0 Å². The summed E-state index contributed by atoms with van der Waals surface area (Å²) in [5.74, 6) is 1.98. The molecule has 0 aliphatic carbocycles. The highest BCUT2D eigenvalue weighted by atomic mass is 32.2. The average molecular weight is 176 g/mol. The normalized spacial score (nSPS) is 31.1. The monoisotopic (exact) mass is 176 g/mol. The van der Waals surface area contributed by atoms with Crippen LogP contribution in [0.4, 0.5) is 0 Å². The van der Waals surface area contributed by atoms with E-state index < -0.39 is 0 Å². The topological polar surface area (TPSA) is 29.5 Å². The first-order valence-corrected chi connectivity index (χ1v) is 5.19. The van der Waals surface area contributed by atoms with Crippen molar-refractivity contribution in [2.24, 2.45) is 5.41 Å². The zero-order chi connectivity index (χ0) is 8.16. The molecule has 0 saturated carbocycles. The van der Waals surface area contributed by atoms with Gasteiger partial charge in [-0.1, -0.05) is 6.92 Å². The minimum absolute atomic E-state index is 0.293. The molecule has 0 aromatic carbocycles. The Bertz CT molecular complexity index is 111. The Morgan fingerprint density at radius 2 is 2.45 bits per heavy atom. The van der Waals surface area contributed by atoms with Gasteiger partial charge in [0, 0.05) is 23.5 Å². The molecule has 2 nitrogen and oxygen atoms in total. The van der Waals surface area contributed by atoms with Crippen molar-refractivity contribution >= 4 is 11.8 Å². The minimum Gasteiger partial charge on any atom is -0.396 e. The molecule has 0 amide bonds. The third-order valence-corrected chi connectivity index (χ3v) is 3.36. The first-order chi connectivity index (χ1) is 5.27. The van der Waals surface area contributed by atoms with Crippen LogP contribution in [0.15, 0.2) is 0 Å². The highest BCUT2D eigenvalue weighted by molar-refractivity contribution is 7.99. The van der Waals surface area contributed by atoms with E-state index in [1.165, 1.54) is 6.42 Å². The molecule has 0 aromatic rings. The highest BCUT2D eigenvalue weighted by Crippen LogP contribution is 2.31. The van der Waals surface area contributed by atoms with Gasteiger partial charge in [-0.25, -0.2) is 0 Å². The summed E-state index contributed by atoms with van der Waals surface area (Å²) in [5.41, 5.74) is 0.375. The number of thioether (sulfide) groups is 1. The highest BCUT2D eigenvalue weighted by Gasteiger charge is 2.29. The van der Waals surface area contributed by atoms with Crippen LogP contribution in [-0.4, -0.2) is 36.4 Å². The molecule has 3 heteroatoms. The number of aliphatic hydroxyl groups is 1. The lowest BCUT2D eigenvalue weighted by molar-refractivity contribution is 0.168. The molecule has 1 heterocycles. The Hall–Kier alpha value is 0.270. The summed E-state index contributed by atoms with van der Waals surface area (Å²) in [6.45, 7) is 4.35. The summed E-state index contributed by atoms with van der Waals surface area (Å²) in [7, 11) is 0. The Labute approximate surface area is 72.3 Å². The summed E-state index contributed by atoms with van der Waals surface area (Å²) in [6.07, 6.45) is 1.17. The molecule has 1 fully saturated rings. The van der Waals surface area contributed by atoms with E-state index in [-0.39, 0.29) is 0 Å². The van der Waals surface area contributed by atoms with Crippen LogP contribution >= 0.6 is 11.8 Å². The first-order valence-electron chi connectivity index (χ1n) is 4.03. The fraction of sp³-hybridized carbons (Fsp3) is 1.00. The van der Waals surface area contributed by atoms with Gasteiger partial charge in [0.25, 0.3) is 0 Å². The standard InChI is InChI=1S/C8H16O2S/c1-8(2-4-10-6-8)7-11-5-3-9/h9H,2-7H2,1H3. The SMILES string of the molecule is CC1(CSCCO)CCOC1. The second-order valence-electron chi connectivity index (χ2n) is 3.39. The molecule has 1 aliphatic rings. The smallest absolute Gasteiger partial charge is 0.0528 e. The molecule has 0 radical (unpaired) electrons. The summed E-state index contributed by atoms with van der Waals surface area (Å²) in [5, 5.41) is 8.57. The van der Waals surface area contributed by atoms with Crippen LogP contribution in [0.1, 0.15) is 13.3 Å². The maximum absolute atomic E-state index is 8.57. The van der Waals surface area contributed by atoms with Crippen molar-refractivity contribution < 1.29 is 9.84 Å². The second-order valence-corrected chi connectivity index (χ2v) is 4.49. The molecule has 1 unspecified atom stereocenters. The van der Waals surface area contributed by atoms with Gasteiger partial charge >= 0.3 is 0 Å². The van der Waals surface area contributed by atoms with Crippen molar-refractivity contribution in [3.63, 3.8) is 0 Å². The Balaban J connectivity index is 2.13. The summed E-state index contributed by atoms with van der Waals surface area (Å²) in [6, 6.07) is 0. The molecular formula is C8H16O2S. The maximum Gasteiger partial charge on any atom is 0.0528 e. The molecule has 0 bridgehead atoms. The average Bonchev–Trinajstić information content (AvgIpc) is 2.38. The van der Waals surface area contributed by atoms with E-state index >= 15 is 0 Å². The molecular weight excluding hydrogens is 160 g/mol. The zero-order valence-electron chi connectivity index (χ0n) is 7.01. The lowest BCUT2D eigenvalue weighted by Gasteiger charge is -2.20. The minimum atomic E-state index is 0.293. The maximum atomic E-state index is 8.57. The van der Waals surface area contributed by atoms with E-state index in [4.69, 9.17) is 9.84 Å². The zero-order valence-corrected chi connectivity index (χ0v) is 7.82. The van der Waals surface area contributed by atoms with Gasteiger partial charge in [0.1, 0.15) is 0 Å². The number of hydrogen-bond acceptors (Lipinski definition) is 3. The van der Waals surface area contributed by atoms with E-state index in [0.717, 1.165) is 24.7 Å². The summed E-state index contributed by atoms with van der Waals surface area (Å²) in [4.78, 5) is 0. The van der Waals surface area contributed by atoms with Crippen molar-refractivity contribution in [2.75, 3.05) is 31.3 Å². The van der Waals surface area contributed by atoms with Crippen molar-refractivity contribution in [2.45, 2.75) is 13.3 Å². The van der Waals surface area contributed by atoms with Gasteiger partial charge in [-0.2, -0.15) is 11.8 Å². The quantitative estimate of drug-likeness (QED) is 0.651. The Kier molecular flexibility index (Phi) is 3.69. The van der Waals surface area contributed by atoms with Crippen molar-refractivity contribution in [3.8, 4) is 0 Å². The molecule has 1 rings (SSSR count). The van der Waals surface area contributed by atoms with E-state index in [9.17, 15) is 0 Å². The summed E-state index contributed by atoms with van der Waals surface area (Å²) < 4.78 is 5.31. The molecule has 1 N–H and O–H groups in total. The number of ether oxygens (including phenoxy) is 1. The van der Waals surface area contributed by atoms with Crippen LogP contribution < -0.4 is 0 Å². The molecule has 66 valence electrons. The molecule has 0 spiro atoms. The van der Waals surface area contributed by atoms with Gasteiger partial charge in [0.05, 0.1) is 13.2 Å². The van der Waals surface area contributed by atoms with Crippen LogP contribution in [0.5, 0.6) is 0 Å². The van der Waals surface area contributed by atoms with Crippen LogP contribution in [-0.2, 0) is 4.74 Å². The number of aliphatic hydroxyl groups excluding tert-OH is 1. The van der Waals surface area contributed by atoms with Gasteiger partial charge < -0.3 is 9.84 Å². The first kappa shape index (κ1) is 9.36. The van der Waals surface area contributed by atoms with E-state index in [0.29, 0.717) is 12.0 Å². The van der Waals surface area contributed by atoms with Crippen LogP contribution in [0.2, 0.25) is 0 Å². The molecule has 1 saturated heterocycles. The summed E-state index contributed by atoms with van der Waals surface area (Å²) >= 11 is 1.82. The van der Waals surface area contributed by atoms with E-state index in [1.54, 1.807) is 0 Å². The predicted octanol–water partition coefficient (Wildman–Crippen LogP) is 1.14. The van der Waals surface area contributed by atoms with E-state index in [2.05, 4.69) is 6.92 Å². The predicted molar refractivity (Wildman–Crippen MR) is 48.0 cm³/mol. The van der Waals surface area contributed by atoms with Gasteiger partial charge in [-0.05, 0) is 6.42 Å². The van der Waals surface area contributed by atoms with Crippen molar-refractivity contribution in [1.29, 1.82) is 0 Å². The van der Waals surface area contributed by atoms with Crippen molar-refractivity contribution in [3.05, 3.63) is 0 Å². The lowest BCUT2D eigenvalue weighted by Crippen LogP contribution is -2.19. The van der Waals surface area contributed by atoms with Crippen LogP contribution in [0.25, 0.3) is 0 Å². The molecule has 1 aliphatic heterocycles.